The lowest BCUT2D eigenvalue weighted by molar-refractivity contribution is -0.136. The van der Waals surface area contributed by atoms with E-state index in [1.54, 1.807) is 18.5 Å². The van der Waals surface area contributed by atoms with Crippen molar-refractivity contribution in [3.8, 4) is 0 Å². The average molecular weight is 511 g/mol. The second-order valence-electron chi connectivity index (χ2n) is 6.93. The summed E-state index contributed by atoms with van der Waals surface area (Å²) in [6, 6.07) is 7.60. The first kappa shape index (κ1) is 23.3. The number of rotatable bonds is 9. The van der Waals surface area contributed by atoms with Crippen LogP contribution >= 0.6 is 27.7 Å². The van der Waals surface area contributed by atoms with Gasteiger partial charge in [0.2, 0.25) is 0 Å². The van der Waals surface area contributed by atoms with Crippen molar-refractivity contribution in [1.29, 1.82) is 0 Å². The maximum Gasteiger partial charge on any atom is 0.332 e. The second kappa shape index (κ2) is 9.84. The number of halogens is 1. The number of imidazole rings is 1. The van der Waals surface area contributed by atoms with Crippen molar-refractivity contribution < 1.29 is 14.6 Å². The Morgan fingerprint density at radius 2 is 2.06 bits per heavy atom. The van der Waals surface area contributed by atoms with E-state index in [0.717, 1.165) is 26.4 Å². The van der Waals surface area contributed by atoms with Crippen LogP contribution in [0.3, 0.4) is 0 Å². The SMILES string of the molecule is CCC(Sc1nc2c(c(=O)n(CCOC)c(=O)n2C)n1Cc1cccc(Br)c1)C(=O)O. The van der Waals surface area contributed by atoms with Gasteiger partial charge in [0.25, 0.3) is 5.56 Å². The number of hydrogen-bond acceptors (Lipinski definition) is 6. The molecule has 0 spiro atoms. The standard InChI is InChI=1S/C20H23BrN4O5S/c1-4-14(18(27)28)31-19-22-16-15(25(19)11-12-6-5-7-13(21)10-12)17(26)24(8-9-30-3)20(29)23(16)2/h5-7,10,14H,4,8-9,11H2,1-3H3,(H,27,28). The molecule has 1 N–H and O–H groups in total. The molecular weight excluding hydrogens is 488 g/mol. The normalized spacial score (nSPS) is 12.4. The van der Waals surface area contributed by atoms with Crippen LogP contribution in [0.15, 0.2) is 43.5 Å². The fraction of sp³-hybridized carbons (Fsp3) is 0.400. The number of nitrogens with zero attached hydrogens (tertiary/aromatic N) is 4. The molecule has 3 rings (SSSR count). The van der Waals surface area contributed by atoms with Crippen LogP contribution < -0.4 is 11.2 Å². The van der Waals surface area contributed by atoms with Crippen molar-refractivity contribution in [2.45, 2.75) is 36.8 Å². The molecule has 2 aromatic heterocycles. The Labute approximate surface area is 190 Å². The number of benzene rings is 1. The van der Waals surface area contributed by atoms with Crippen molar-refractivity contribution >= 4 is 44.8 Å². The number of thioether (sulfide) groups is 1. The minimum Gasteiger partial charge on any atom is -0.480 e. The number of carbonyl (C=O) groups is 1. The predicted molar refractivity (Wildman–Crippen MR) is 122 cm³/mol. The van der Waals surface area contributed by atoms with Gasteiger partial charge in [0.15, 0.2) is 16.3 Å². The number of carboxylic acids is 1. The summed E-state index contributed by atoms with van der Waals surface area (Å²) in [6.45, 7) is 2.39. The van der Waals surface area contributed by atoms with Crippen LogP contribution in [0.5, 0.6) is 0 Å². The van der Waals surface area contributed by atoms with E-state index in [1.165, 1.54) is 11.7 Å². The highest BCUT2D eigenvalue weighted by molar-refractivity contribution is 9.10. The van der Waals surface area contributed by atoms with Crippen molar-refractivity contribution in [3.05, 3.63) is 55.1 Å². The number of aliphatic carboxylic acids is 1. The maximum atomic E-state index is 13.3. The number of carboxylic acid groups (broad SMARTS) is 1. The Morgan fingerprint density at radius 3 is 2.68 bits per heavy atom. The summed E-state index contributed by atoms with van der Waals surface area (Å²) in [5.41, 5.74) is 0.397. The molecule has 0 amide bonds. The van der Waals surface area contributed by atoms with Gasteiger partial charge in [-0.25, -0.2) is 9.78 Å². The number of aryl methyl sites for hydroxylation is 1. The van der Waals surface area contributed by atoms with Crippen LogP contribution in [0, 0.1) is 0 Å². The molecule has 3 aromatic rings. The number of hydrogen-bond donors (Lipinski definition) is 1. The van der Waals surface area contributed by atoms with E-state index in [9.17, 15) is 19.5 Å². The Bertz CT molecular complexity index is 1230. The molecule has 9 nitrogen and oxygen atoms in total. The molecule has 1 atom stereocenters. The lowest BCUT2D eigenvalue weighted by Gasteiger charge is -2.13. The first-order valence-corrected chi connectivity index (χ1v) is 11.3. The minimum absolute atomic E-state index is 0.106. The van der Waals surface area contributed by atoms with Crippen LogP contribution in [0.25, 0.3) is 11.2 Å². The van der Waals surface area contributed by atoms with Gasteiger partial charge < -0.3 is 14.4 Å². The van der Waals surface area contributed by atoms with Gasteiger partial charge >= 0.3 is 11.7 Å². The minimum atomic E-state index is -0.958. The molecule has 0 saturated carbocycles. The fourth-order valence-corrected chi connectivity index (χ4v) is 4.61. The molecule has 0 aliphatic rings. The third-order valence-electron chi connectivity index (χ3n) is 4.84. The summed E-state index contributed by atoms with van der Waals surface area (Å²) in [6.07, 6.45) is 0.386. The van der Waals surface area contributed by atoms with Gasteiger partial charge in [-0.15, -0.1) is 0 Å². The van der Waals surface area contributed by atoms with E-state index in [4.69, 9.17) is 4.74 Å². The van der Waals surface area contributed by atoms with Gasteiger partial charge in [-0.3, -0.25) is 18.7 Å². The first-order chi connectivity index (χ1) is 14.8. The van der Waals surface area contributed by atoms with Crippen LogP contribution in [-0.4, -0.2) is 48.7 Å². The van der Waals surface area contributed by atoms with Gasteiger partial charge in [0, 0.05) is 18.6 Å². The van der Waals surface area contributed by atoms with Crippen molar-refractivity contribution in [1.82, 2.24) is 18.7 Å². The summed E-state index contributed by atoms with van der Waals surface area (Å²) in [4.78, 5) is 42.2. The molecule has 0 fully saturated rings. The number of fused-ring (bicyclic) bond motifs is 1. The van der Waals surface area contributed by atoms with Gasteiger partial charge in [-0.2, -0.15) is 0 Å². The zero-order chi connectivity index (χ0) is 22.7. The monoisotopic (exact) mass is 510 g/mol. The summed E-state index contributed by atoms with van der Waals surface area (Å²) < 4.78 is 10.0. The molecule has 0 aliphatic heterocycles. The Morgan fingerprint density at radius 1 is 1.32 bits per heavy atom. The van der Waals surface area contributed by atoms with Gasteiger partial charge in [0.05, 0.1) is 19.7 Å². The lowest BCUT2D eigenvalue weighted by atomic mass is 10.2. The molecule has 0 bridgehead atoms. The molecule has 1 aromatic carbocycles. The molecule has 1 unspecified atom stereocenters. The van der Waals surface area contributed by atoms with E-state index in [2.05, 4.69) is 20.9 Å². The molecule has 11 heteroatoms. The van der Waals surface area contributed by atoms with Gasteiger partial charge in [0.1, 0.15) is 5.25 Å². The van der Waals surface area contributed by atoms with Gasteiger partial charge in [-0.05, 0) is 24.1 Å². The highest BCUT2D eigenvalue weighted by Gasteiger charge is 2.25. The zero-order valence-corrected chi connectivity index (χ0v) is 19.8. The second-order valence-corrected chi connectivity index (χ2v) is 9.01. The maximum absolute atomic E-state index is 13.3. The van der Waals surface area contributed by atoms with E-state index < -0.39 is 22.5 Å². The van der Waals surface area contributed by atoms with E-state index >= 15 is 0 Å². The Hall–Kier alpha value is -2.37. The Kier molecular flexibility index (Phi) is 7.39. The van der Waals surface area contributed by atoms with Gasteiger partial charge in [-0.1, -0.05) is 46.7 Å². The highest BCUT2D eigenvalue weighted by atomic mass is 79.9. The molecule has 166 valence electrons. The highest BCUT2D eigenvalue weighted by Crippen LogP contribution is 2.28. The average Bonchev–Trinajstić information content (AvgIpc) is 3.08. The smallest absolute Gasteiger partial charge is 0.332 e. The van der Waals surface area contributed by atoms with Crippen LogP contribution in [-0.2, 0) is 29.7 Å². The molecule has 0 saturated heterocycles. The summed E-state index contributed by atoms with van der Waals surface area (Å²) in [5, 5.41) is 9.17. The van der Waals surface area contributed by atoms with E-state index in [-0.39, 0.29) is 24.3 Å². The topological polar surface area (TPSA) is 108 Å². The quantitative estimate of drug-likeness (QED) is 0.440. The van der Waals surface area contributed by atoms with Crippen LogP contribution in [0.4, 0.5) is 0 Å². The zero-order valence-electron chi connectivity index (χ0n) is 17.4. The summed E-state index contributed by atoms with van der Waals surface area (Å²) in [7, 11) is 3.05. The predicted octanol–water partition coefficient (Wildman–Crippen LogP) is 2.31. The lowest BCUT2D eigenvalue weighted by Crippen LogP contribution is -2.40. The van der Waals surface area contributed by atoms with Crippen molar-refractivity contribution in [2.75, 3.05) is 13.7 Å². The molecular formula is C20H23BrN4O5S. The molecule has 31 heavy (non-hydrogen) atoms. The van der Waals surface area contributed by atoms with Crippen LogP contribution in [0.1, 0.15) is 18.9 Å². The first-order valence-electron chi connectivity index (χ1n) is 9.61. The number of ether oxygens (including phenoxy) is 1. The van der Waals surface area contributed by atoms with E-state index in [0.29, 0.717) is 18.1 Å². The Balaban J connectivity index is 2.27. The van der Waals surface area contributed by atoms with Crippen molar-refractivity contribution in [3.63, 3.8) is 0 Å². The number of aromatic nitrogens is 4. The molecule has 0 aliphatic carbocycles. The summed E-state index contributed by atoms with van der Waals surface area (Å²) >= 11 is 4.52. The van der Waals surface area contributed by atoms with E-state index in [1.807, 2.05) is 24.3 Å². The van der Waals surface area contributed by atoms with Crippen LogP contribution in [0.2, 0.25) is 0 Å². The summed E-state index contributed by atoms with van der Waals surface area (Å²) in [5.74, 6) is -0.958. The molecule has 2 heterocycles. The third-order valence-corrected chi connectivity index (χ3v) is 6.68. The van der Waals surface area contributed by atoms with Crippen molar-refractivity contribution in [2.24, 2.45) is 7.05 Å². The largest absolute Gasteiger partial charge is 0.480 e. The third kappa shape index (κ3) is 4.78. The number of methoxy groups -OCH3 is 1. The molecule has 0 radical (unpaired) electrons. The fourth-order valence-electron chi connectivity index (χ4n) is 3.22.